The number of hydrogen-bond acceptors (Lipinski definition) is 2. The molecule has 0 radical (unpaired) electrons. The highest BCUT2D eigenvalue weighted by molar-refractivity contribution is 5.85. The number of hydrogen-bond donors (Lipinski definition) is 1. The summed E-state index contributed by atoms with van der Waals surface area (Å²) >= 11 is 0. The van der Waals surface area contributed by atoms with Gasteiger partial charge in [-0.05, 0) is 29.8 Å². The molecule has 0 fully saturated rings. The van der Waals surface area contributed by atoms with Crippen LogP contribution in [0.5, 0.6) is 5.75 Å². The van der Waals surface area contributed by atoms with Crippen LogP contribution in [0.4, 0.5) is 4.39 Å². The number of halogens is 1. The third-order valence-electron chi connectivity index (χ3n) is 2.65. The Balaban J connectivity index is 1.97. The molecule has 0 amide bonds. The minimum atomic E-state index is -0.995. The standard InChI is InChI=1S/C16H13FO3/c17-15-4-2-1-3-13(15)11-20-14-8-5-12(6-9-14)7-10-16(18)19/h1-10H,11H2,(H,18,19). The van der Waals surface area contributed by atoms with Crippen LogP contribution in [0, 0.1) is 5.82 Å². The fourth-order valence-electron chi connectivity index (χ4n) is 1.62. The summed E-state index contributed by atoms with van der Waals surface area (Å²) in [5.41, 5.74) is 1.24. The average molecular weight is 272 g/mol. The van der Waals surface area contributed by atoms with Crippen LogP contribution in [0.2, 0.25) is 0 Å². The molecule has 0 saturated carbocycles. The first-order chi connectivity index (χ1) is 9.65. The molecule has 0 heterocycles. The molecule has 1 N–H and O–H groups in total. The predicted molar refractivity (Wildman–Crippen MR) is 73.8 cm³/mol. The van der Waals surface area contributed by atoms with Crippen molar-refractivity contribution in [3.8, 4) is 5.75 Å². The van der Waals surface area contributed by atoms with Gasteiger partial charge in [0.15, 0.2) is 0 Å². The van der Waals surface area contributed by atoms with Gasteiger partial charge in [0.2, 0.25) is 0 Å². The van der Waals surface area contributed by atoms with Gasteiger partial charge in [-0.2, -0.15) is 0 Å². The average Bonchev–Trinajstić information content (AvgIpc) is 2.45. The summed E-state index contributed by atoms with van der Waals surface area (Å²) in [7, 11) is 0. The predicted octanol–water partition coefficient (Wildman–Crippen LogP) is 3.50. The Bertz CT molecular complexity index is 618. The second kappa shape index (κ2) is 6.52. The van der Waals surface area contributed by atoms with Gasteiger partial charge >= 0.3 is 5.97 Å². The molecule has 0 saturated heterocycles. The first-order valence-corrected chi connectivity index (χ1v) is 6.02. The van der Waals surface area contributed by atoms with Crippen LogP contribution in [0.3, 0.4) is 0 Å². The van der Waals surface area contributed by atoms with Crippen molar-refractivity contribution < 1.29 is 19.0 Å². The van der Waals surface area contributed by atoms with Crippen LogP contribution in [0.25, 0.3) is 6.08 Å². The van der Waals surface area contributed by atoms with Crippen molar-refractivity contribution in [2.24, 2.45) is 0 Å². The molecule has 0 bridgehead atoms. The molecule has 2 aromatic rings. The maximum atomic E-state index is 13.4. The van der Waals surface area contributed by atoms with Crippen LogP contribution < -0.4 is 4.74 Å². The van der Waals surface area contributed by atoms with E-state index in [1.807, 2.05) is 0 Å². The summed E-state index contributed by atoms with van der Waals surface area (Å²) in [6.45, 7) is 0.150. The highest BCUT2D eigenvalue weighted by atomic mass is 19.1. The molecule has 0 aliphatic rings. The third kappa shape index (κ3) is 3.95. The van der Waals surface area contributed by atoms with E-state index in [0.717, 1.165) is 11.6 Å². The van der Waals surface area contributed by atoms with E-state index in [9.17, 15) is 9.18 Å². The third-order valence-corrected chi connectivity index (χ3v) is 2.65. The van der Waals surface area contributed by atoms with E-state index in [1.165, 1.54) is 12.1 Å². The lowest BCUT2D eigenvalue weighted by Gasteiger charge is -2.07. The van der Waals surface area contributed by atoms with E-state index in [4.69, 9.17) is 9.84 Å². The topological polar surface area (TPSA) is 46.5 Å². The molecule has 0 aliphatic heterocycles. The molecule has 0 spiro atoms. The Morgan fingerprint density at radius 2 is 1.85 bits per heavy atom. The fraction of sp³-hybridized carbons (Fsp3) is 0.0625. The Hall–Kier alpha value is -2.62. The molecule has 0 unspecified atom stereocenters. The molecule has 2 aromatic carbocycles. The normalized spacial score (nSPS) is 10.7. The van der Waals surface area contributed by atoms with Gasteiger partial charge in [-0.1, -0.05) is 30.3 Å². The number of carbonyl (C=O) groups is 1. The minimum Gasteiger partial charge on any atom is -0.489 e. The second-order valence-electron chi connectivity index (χ2n) is 4.12. The Labute approximate surface area is 115 Å². The van der Waals surface area contributed by atoms with E-state index in [1.54, 1.807) is 42.5 Å². The zero-order valence-corrected chi connectivity index (χ0v) is 10.6. The summed E-state index contributed by atoms with van der Waals surface area (Å²) in [6, 6.07) is 13.3. The number of benzene rings is 2. The number of aliphatic carboxylic acids is 1. The van der Waals surface area contributed by atoms with Crippen molar-refractivity contribution in [1.29, 1.82) is 0 Å². The van der Waals surface area contributed by atoms with Crippen molar-refractivity contribution in [3.05, 3.63) is 71.6 Å². The largest absolute Gasteiger partial charge is 0.489 e. The van der Waals surface area contributed by atoms with Crippen molar-refractivity contribution in [3.63, 3.8) is 0 Å². The van der Waals surface area contributed by atoms with Crippen molar-refractivity contribution in [2.45, 2.75) is 6.61 Å². The van der Waals surface area contributed by atoms with Crippen LogP contribution in [0.15, 0.2) is 54.6 Å². The maximum absolute atomic E-state index is 13.4. The molecular formula is C16H13FO3. The summed E-state index contributed by atoms with van der Waals surface area (Å²) in [4.78, 5) is 10.4. The number of carboxylic acid groups (broad SMARTS) is 1. The lowest BCUT2D eigenvalue weighted by Crippen LogP contribution is -1.98. The van der Waals surface area contributed by atoms with Crippen LogP contribution in [0.1, 0.15) is 11.1 Å². The zero-order chi connectivity index (χ0) is 14.4. The first kappa shape index (κ1) is 13.8. The van der Waals surface area contributed by atoms with Crippen molar-refractivity contribution >= 4 is 12.0 Å². The van der Waals surface area contributed by atoms with Gasteiger partial charge in [0, 0.05) is 11.6 Å². The Morgan fingerprint density at radius 1 is 1.15 bits per heavy atom. The molecular weight excluding hydrogens is 259 g/mol. The van der Waals surface area contributed by atoms with Gasteiger partial charge in [-0.3, -0.25) is 0 Å². The fourth-order valence-corrected chi connectivity index (χ4v) is 1.62. The SMILES string of the molecule is O=C(O)C=Cc1ccc(OCc2ccccc2F)cc1. The molecule has 2 rings (SSSR count). The Kier molecular flexibility index (Phi) is 4.50. The van der Waals surface area contributed by atoms with Crippen molar-refractivity contribution in [2.75, 3.05) is 0 Å². The van der Waals surface area contributed by atoms with E-state index in [0.29, 0.717) is 11.3 Å². The smallest absolute Gasteiger partial charge is 0.328 e. The van der Waals surface area contributed by atoms with Crippen molar-refractivity contribution in [1.82, 2.24) is 0 Å². The molecule has 0 atom stereocenters. The lowest BCUT2D eigenvalue weighted by molar-refractivity contribution is -0.131. The van der Waals surface area contributed by atoms with Gasteiger partial charge in [-0.25, -0.2) is 9.18 Å². The second-order valence-corrected chi connectivity index (χ2v) is 4.12. The van der Waals surface area contributed by atoms with Crippen LogP contribution >= 0.6 is 0 Å². The van der Waals surface area contributed by atoms with E-state index < -0.39 is 5.97 Å². The zero-order valence-electron chi connectivity index (χ0n) is 10.6. The first-order valence-electron chi connectivity index (χ1n) is 6.02. The van der Waals surface area contributed by atoms with Gasteiger partial charge < -0.3 is 9.84 Å². The van der Waals surface area contributed by atoms with Gasteiger partial charge in [0.1, 0.15) is 18.2 Å². The highest BCUT2D eigenvalue weighted by Crippen LogP contribution is 2.16. The van der Waals surface area contributed by atoms with E-state index >= 15 is 0 Å². The summed E-state index contributed by atoms with van der Waals surface area (Å²) in [5.74, 6) is -0.695. The molecule has 0 aromatic heterocycles. The minimum absolute atomic E-state index is 0.150. The van der Waals surface area contributed by atoms with Gasteiger partial charge in [0.05, 0.1) is 0 Å². The van der Waals surface area contributed by atoms with Crippen LogP contribution in [-0.4, -0.2) is 11.1 Å². The molecule has 4 heteroatoms. The van der Waals surface area contributed by atoms with Gasteiger partial charge in [-0.15, -0.1) is 0 Å². The number of rotatable bonds is 5. The molecule has 102 valence electrons. The number of ether oxygens (including phenoxy) is 1. The Morgan fingerprint density at radius 3 is 2.50 bits per heavy atom. The maximum Gasteiger partial charge on any atom is 0.328 e. The number of carboxylic acids is 1. The quantitative estimate of drug-likeness (QED) is 0.847. The lowest BCUT2D eigenvalue weighted by atomic mass is 10.2. The summed E-state index contributed by atoms with van der Waals surface area (Å²) < 4.78 is 18.9. The molecule has 20 heavy (non-hydrogen) atoms. The van der Waals surface area contributed by atoms with E-state index in [-0.39, 0.29) is 12.4 Å². The van der Waals surface area contributed by atoms with Crippen LogP contribution in [-0.2, 0) is 11.4 Å². The van der Waals surface area contributed by atoms with E-state index in [2.05, 4.69) is 0 Å². The monoisotopic (exact) mass is 272 g/mol. The summed E-state index contributed by atoms with van der Waals surface area (Å²) in [6.07, 6.45) is 2.55. The molecule has 3 nitrogen and oxygen atoms in total. The molecule has 0 aliphatic carbocycles. The highest BCUT2D eigenvalue weighted by Gasteiger charge is 2.01. The van der Waals surface area contributed by atoms with Gasteiger partial charge in [0.25, 0.3) is 0 Å². The summed E-state index contributed by atoms with van der Waals surface area (Å²) in [5, 5.41) is 8.52.